The van der Waals surface area contributed by atoms with Gasteiger partial charge in [-0.2, -0.15) is 0 Å². The van der Waals surface area contributed by atoms with Gasteiger partial charge < -0.3 is 9.47 Å². The molecular weight excluding hydrogens is 320 g/mol. The molecule has 0 bridgehead atoms. The Balaban J connectivity index is 2.05. The maximum Gasteiger partial charge on any atom is 0.411 e. The Kier molecular flexibility index (Phi) is 6.17. The van der Waals surface area contributed by atoms with Crippen molar-refractivity contribution in [2.24, 2.45) is 4.99 Å². The van der Waals surface area contributed by atoms with E-state index in [-0.39, 0.29) is 12.6 Å². The second kappa shape index (κ2) is 8.14. The van der Waals surface area contributed by atoms with Crippen LogP contribution in [-0.2, 0) is 20.9 Å². The molecule has 1 saturated heterocycles. The monoisotopic (exact) mass is 346 g/mol. The van der Waals surface area contributed by atoms with Crippen LogP contribution in [-0.4, -0.2) is 47.9 Å². The summed E-state index contributed by atoms with van der Waals surface area (Å²) in [6, 6.07) is 8.70. The summed E-state index contributed by atoms with van der Waals surface area (Å²) in [5.41, 5.74) is 0.269. The number of esters is 1. The summed E-state index contributed by atoms with van der Waals surface area (Å²) in [4.78, 5) is 30.5. The normalized spacial score (nSPS) is 20.7. The SMILES string of the molecule is C=NC1CCC(C(=O)OCc2ccccc2)N(C(=O)OC(C)(C)C)C1. The first kappa shape index (κ1) is 19.0. The minimum Gasteiger partial charge on any atom is -0.459 e. The van der Waals surface area contributed by atoms with Gasteiger partial charge in [-0.3, -0.25) is 9.89 Å². The van der Waals surface area contributed by atoms with E-state index in [9.17, 15) is 9.59 Å². The van der Waals surface area contributed by atoms with E-state index in [4.69, 9.17) is 9.47 Å². The molecule has 1 amide bonds. The zero-order chi connectivity index (χ0) is 18.4. The summed E-state index contributed by atoms with van der Waals surface area (Å²) in [5.74, 6) is -0.419. The molecule has 2 unspecified atom stereocenters. The molecule has 0 saturated carbocycles. The van der Waals surface area contributed by atoms with Gasteiger partial charge in [0.2, 0.25) is 0 Å². The van der Waals surface area contributed by atoms with Gasteiger partial charge in [0.1, 0.15) is 18.2 Å². The number of carbonyl (C=O) groups is 2. The van der Waals surface area contributed by atoms with Crippen molar-refractivity contribution in [1.82, 2.24) is 4.90 Å². The van der Waals surface area contributed by atoms with Gasteiger partial charge in [-0.25, -0.2) is 9.59 Å². The molecule has 0 aliphatic carbocycles. The van der Waals surface area contributed by atoms with Crippen LogP contribution in [0.3, 0.4) is 0 Å². The van der Waals surface area contributed by atoms with E-state index in [1.807, 2.05) is 30.3 Å². The second-order valence-electron chi connectivity index (χ2n) is 7.16. The van der Waals surface area contributed by atoms with Gasteiger partial charge >= 0.3 is 12.1 Å². The first-order chi connectivity index (χ1) is 11.8. The molecule has 1 fully saturated rings. The highest BCUT2D eigenvalue weighted by molar-refractivity contribution is 5.82. The Morgan fingerprint density at radius 1 is 1.24 bits per heavy atom. The zero-order valence-electron chi connectivity index (χ0n) is 15.1. The van der Waals surface area contributed by atoms with Crippen molar-refractivity contribution in [2.45, 2.75) is 57.9 Å². The largest absolute Gasteiger partial charge is 0.459 e. The standard InChI is InChI=1S/C19H26N2O4/c1-19(2,3)25-18(23)21-12-15(20-4)10-11-16(21)17(22)24-13-14-8-6-5-7-9-14/h5-9,15-16H,4,10-13H2,1-3H3. The van der Waals surface area contributed by atoms with Gasteiger partial charge in [-0.05, 0) is 45.9 Å². The minimum atomic E-state index is -0.656. The van der Waals surface area contributed by atoms with Gasteiger partial charge in [0.25, 0.3) is 0 Å². The molecule has 1 aliphatic heterocycles. The number of ether oxygens (including phenoxy) is 2. The summed E-state index contributed by atoms with van der Waals surface area (Å²) in [5, 5.41) is 0. The van der Waals surface area contributed by atoms with Crippen LogP contribution in [0.25, 0.3) is 0 Å². The van der Waals surface area contributed by atoms with E-state index in [0.29, 0.717) is 19.4 Å². The molecule has 0 radical (unpaired) electrons. The van der Waals surface area contributed by atoms with Gasteiger partial charge in [-0.1, -0.05) is 30.3 Å². The van der Waals surface area contributed by atoms with Crippen molar-refractivity contribution in [3.8, 4) is 0 Å². The summed E-state index contributed by atoms with van der Waals surface area (Å²) in [6.07, 6.45) is 0.646. The van der Waals surface area contributed by atoms with Gasteiger partial charge in [0, 0.05) is 6.54 Å². The number of nitrogens with zero attached hydrogens (tertiary/aromatic N) is 2. The van der Waals surface area contributed by atoms with Crippen molar-refractivity contribution in [3.05, 3.63) is 35.9 Å². The number of amides is 1. The van der Waals surface area contributed by atoms with Crippen LogP contribution in [0.1, 0.15) is 39.2 Å². The number of carbonyl (C=O) groups excluding carboxylic acids is 2. The fraction of sp³-hybridized carbons (Fsp3) is 0.526. The topological polar surface area (TPSA) is 68.2 Å². The van der Waals surface area contributed by atoms with Crippen LogP contribution in [0.5, 0.6) is 0 Å². The van der Waals surface area contributed by atoms with E-state index >= 15 is 0 Å². The third-order valence-corrected chi connectivity index (χ3v) is 3.94. The lowest BCUT2D eigenvalue weighted by atomic mass is 9.99. The molecule has 136 valence electrons. The van der Waals surface area contributed by atoms with Crippen molar-refractivity contribution < 1.29 is 19.1 Å². The lowest BCUT2D eigenvalue weighted by Gasteiger charge is -2.37. The van der Waals surface area contributed by atoms with E-state index in [0.717, 1.165) is 5.56 Å². The first-order valence-electron chi connectivity index (χ1n) is 8.46. The molecule has 0 aromatic heterocycles. The molecule has 2 atom stereocenters. The van der Waals surface area contributed by atoms with E-state index in [2.05, 4.69) is 11.7 Å². The molecule has 0 spiro atoms. The number of hydrogen-bond donors (Lipinski definition) is 0. The number of hydrogen-bond acceptors (Lipinski definition) is 5. The van der Waals surface area contributed by atoms with Crippen LogP contribution >= 0.6 is 0 Å². The highest BCUT2D eigenvalue weighted by Gasteiger charge is 2.38. The van der Waals surface area contributed by atoms with Crippen molar-refractivity contribution in [3.63, 3.8) is 0 Å². The van der Waals surface area contributed by atoms with Crippen molar-refractivity contribution in [1.29, 1.82) is 0 Å². The summed E-state index contributed by atoms with van der Waals surface area (Å²) in [6.45, 7) is 9.42. The molecule has 25 heavy (non-hydrogen) atoms. The van der Waals surface area contributed by atoms with Crippen LogP contribution in [0.4, 0.5) is 4.79 Å². The minimum absolute atomic E-state index is 0.0920. The predicted octanol–water partition coefficient (Wildman–Crippen LogP) is 3.20. The number of rotatable bonds is 4. The quantitative estimate of drug-likeness (QED) is 0.620. The number of likely N-dealkylation sites (tertiary alicyclic amines) is 1. The molecular formula is C19H26N2O4. The number of aliphatic imine (C=N–C) groups is 1. The average molecular weight is 346 g/mol. The molecule has 2 rings (SSSR count). The molecule has 1 aromatic rings. The predicted molar refractivity (Wildman–Crippen MR) is 95.5 cm³/mol. The molecule has 1 aliphatic rings. The van der Waals surface area contributed by atoms with Gasteiger partial charge in [-0.15, -0.1) is 0 Å². The maximum atomic E-state index is 12.5. The summed E-state index contributed by atoms with van der Waals surface area (Å²) in [7, 11) is 0. The third kappa shape index (κ3) is 5.59. The Labute approximate surface area is 148 Å². The van der Waals surface area contributed by atoms with Crippen molar-refractivity contribution in [2.75, 3.05) is 6.54 Å². The first-order valence-corrected chi connectivity index (χ1v) is 8.46. The molecule has 6 heteroatoms. The maximum absolute atomic E-state index is 12.5. The zero-order valence-corrected chi connectivity index (χ0v) is 15.1. The highest BCUT2D eigenvalue weighted by atomic mass is 16.6. The fourth-order valence-electron chi connectivity index (χ4n) is 2.69. The van der Waals surface area contributed by atoms with Crippen LogP contribution in [0.15, 0.2) is 35.3 Å². The smallest absolute Gasteiger partial charge is 0.411 e. The van der Waals surface area contributed by atoms with Crippen molar-refractivity contribution >= 4 is 18.8 Å². The highest BCUT2D eigenvalue weighted by Crippen LogP contribution is 2.23. The Morgan fingerprint density at radius 3 is 2.52 bits per heavy atom. The van der Waals surface area contributed by atoms with Crippen LogP contribution in [0.2, 0.25) is 0 Å². The van der Waals surface area contributed by atoms with Crippen LogP contribution < -0.4 is 0 Å². The molecule has 1 aromatic carbocycles. The number of benzene rings is 1. The van der Waals surface area contributed by atoms with E-state index in [1.165, 1.54) is 4.90 Å². The fourth-order valence-corrected chi connectivity index (χ4v) is 2.69. The molecule has 6 nitrogen and oxygen atoms in total. The van der Waals surface area contributed by atoms with Gasteiger partial charge in [0.05, 0.1) is 6.04 Å². The third-order valence-electron chi connectivity index (χ3n) is 3.94. The van der Waals surface area contributed by atoms with Crippen LogP contribution in [0, 0.1) is 0 Å². The molecule has 0 N–H and O–H groups in total. The second-order valence-corrected chi connectivity index (χ2v) is 7.16. The average Bonchev–Trinajstić information content (AvgIpc) is 2.58. The van der Waals surface area contributed by atoms with E-state index in [1.54, 1.807) is 20.8 Å². The Bertz CT molecular complexity index is 610. The van der Waals surface area contributed by atoms with Gasteiger partial charge in [0.15, 0.2) is 0 Å². The Morgan fingerprint density at radius 2 is 1.92 bits per heavy atom. The number of piperidine rings is 1. The lowest BCUT2D eigenvalue weighted by molar-refractivity contribution is -0.152. The summed E-state index contributed by atoms with van der Waals surface area (Å²) >= 11 is 0. The molecule has 1 heterocycles. The Hall–Kier alpha value is -2.37. The van der Waals surface area contributed by atoms with E-state index < -0.39 is 23.7 Å². The lowest BCUT2D eigenvalue weighted by Crippen LogP contribution is -2.53. The summed E-state index contributed by atoms with van der Waals surface area (Å²) < 4.78 is 10.8.